The molecule has 0 saturated carbocycles. The Bertz CT molecular complexity index is 119. The third-order valence-corrected chi connectivity index (χ3v) is 2.79. The minimum Gasteiger partial charge on any atom is -0.383 e. The lowest BCUT2D eigenvalue weighted by molar-refractivity contribution is 0.121. The van der Waals surface area contributed by atoms with Crippen LogP contribution in [0.4, 0.5) is 0 Å². The van der Waals surface area contributed by atoms with E-state index >= 15 is 0 Å². The highest BCUT2D eigenvalue weighted by Crippen LogP contribution is 2.05. The maximum absolute atomic E-state index is 5.08. The smallest absolute Gasteiger partial charge is 0.0589 e. The zero-order chi connectivity index (χ0) is 10.3. The fourth-order valence-electron chi connectivity index (χ4n) is 1.23. The normalized spacial score (nSPS) is 14.1. The Kier molecular flexibility index (Phi) is 7.81. The van der Waals surface area contributed by atoms with Crippen LogP contribution in [0.2, 0.25) is 0 Å². The van der Waals surface area contributed by atoms with Crippen molar-refractivity contribution in [2.24, 2.45) is 5.92 Å². The van der Waals surface area contributed by atoms with Gasteiger partial charge in [0.15, 0.2) is 0 Å². The highest BCUT2D eigenvalue weighted by molar-refractivity contribution is 7.80. The van der Waals surface area contributed by atoms with Crippen LogP contribution in [0, 0.1) is 5.92 Å². The molecule has 0 aromatic carbocycles. The van der Waals surface area contributed by atoms with E-state index in [4.69, 9.17) is 4.74 Å². The van der Waals surface area contributed by atoms with E-state index in [2.05, 4.69) is 38.3 Å². The second-order valence-corrected chi connectivity index (χ2v) is 4.23. The molecular weight excluding hydrogens is 182 g/mol. The third-order valence-electron chi connectivity index (χ3n) is 2.17. The van der Waals surface area contributed by atoms with Gasteiger partial charge in [0, 0.05) is 26.2 Å². The summed E-state index contributed by atoms with van der Waals surface area (Å²) in [6.45, 7) is 9.63. The van der Waals surface area contributed by atoms with Gasteiger partial charge in [-0.1, -0.05) is 6.92 Å². The Morgan fingerprint density at radius 1 is 1.31 bits per heavy atom. The van der Waals surface area contributed by atoms with Crippen LogP contribution in [-0.2, 0) is 4.74 Å². The Morgan fingerprint density at radius 2 is 1.92 bits per heavy atom. The molecule has 1 unspecified atom stereocenters. The first kappa shape index (κ1) is 13.3. The number of ether oxygens (including phenoxy) is 1. The summed E-state index contributed by atoms with van der Waals surface area (Å²) in [6, 6.07) is 0.595. The second-order valence-electron chi connectivity index (χ2n) is 3.87. The molecule has 0 aromatic heterocycles. The van der Waals surface area contributed by atoms with Crippen molar-refractivity contribution in [2.75, 3.05) is 32.6 Å². The molecule has 0 radical (unpaired) electrons. The van der Waals surface area contributed by atoms with Gasteiger partial charge >= 0.3 is 0 Å². The van der Waals surface area contributed by atoms with Gasteiger partial charge in [0.25, 0.3) is 0 Å². The Labute approximate surface area is 88.1 Å². The van der Waals surface area contributed by atoms with Gasteiger partial charge in [0.1, 0.15) is 0 Å². The highest BCUT2D eigenvalue weighted by Gasteiger charge is 2.11. The molecular formula is C10H23NOS. The second kappa shape index (κ2) is 7.65. The lowest BCUT2D eigenvalue weighted by atomic mass is 10.2. The number of thiol groups is 1. The van der Waals surface area contributed by atoms with Gasteiger partial charge in [-0.05, 0) is 25.5 Å². The van der Waals surface area contributed by atoms with Crippen LogP contribution in [0.3, 0.4) is 0 Å². The first-order valence-electron chi connectivity index (χ1n) is 4.95. The summed E-state index contributed by atoms with van der Waals surface area (Å²) >= 11 is 4.29. The van der Waals surface area contributed by atoms with Gasteiger partial charge in [-0.2, -0.15) is 12.6 Å². The number of nitrogens with zero attached hydrogens (tertiary/aromatic N) is 1. The van der Waals surface area contributed by atoms with E-state index in [1.54, 1.807) is 7.11 Å². The lowest BCUT2D eigenvalue weighted by Crippen LogP contribution is -2.37. The van der Waals surface area contributed by atoms with Crippen molar-refractivity contribution >= 4 is 12.6 Å². The number of methoxy groups -OCH3 is 1. The summed E-state index contributed by atoms with van der Waals surface area (Å²) in [5.41, 5.74) is 0. The predicted molar refractivity (Wildman–Crippen MR) is 61.6 cm³/mol. The molecule has 0 saturated heterocycles. The molecule has 0 aliphatic rings. The first-order valence-corrected chi connectivity index (χ1v) is 5.58. The molecule has 2 nitrogen and oxygen atoms in total. The fourth-order valence-corrected chi connectivity index (χ4v) is 1.34. The Morgan fingerprint density at radius 3 is 2.31 bits per heavy atom. The van der Waals surface area contributed by atoms with E-state index in [0.29, 0.717) is 12.0 Å². The number of rotatable bonds is 7. The minimum atomic E-state index is 0.595. The van der Waals surface area contributed by atoms with E-state index in [9.17, 15) is 0 Å². The van der Waals surface area contributed by atoms with E-state index in [-0.39, 0.29) is 0 Å². The Hall–Kier alpha value is 0.270. The molecule has 0 aliphatic carbocycles. The summed E-state index contributed by atoms with van der Waals surface area (Å²) in [5, 5.41) is 0. The summed E-state index contributed by atoms with van der Waals surface area (Å²) < 4.78 is 5.08. The SMILES string of the molecule is COCCN(CC(C)CS)C(C)C. The molecule has 1 atom stereocenters. The van der Waals surface area contributed by atoms with Gasteiger partial charge in [-0.3, -0.25) is 4.90 Å². The van der Waals surface area contributed by atoms with Crippen molar-refractivity contribution in [3.05, 3.63) is 0 Å². The summed E-state index contributed by atoms with van der Waals surface area (Å²) in [7, 11) is 1.75. The van der Waals surface area contributed by atoms with Gasteiger partial charge in [-0.15, -0.1) is 0 Å². The molecule has 0 aliphatic heterocycles. The van der Waals surface area contributed by atoms with Crippen molar-refractivity contribution in [1.82, 2.24) is 4.90 Å². The standard InChI is InChI=1S/C10H23NOS/c1-9(2)11(5-6-12-4)7-10(3)8-13/h9-10,13H,5-8H2,1-4H3. The zero-order valence-electron chi connectivity index (χ0n) is 9.29. The third kappa shape index (κ3) is 6.36. The molecule has 3 heteroatoms. The van der Waals surface area contributed by atoms with Crippen LogP contribution in [0.25, 0.3) is 0 Å². The average molecular weight is 205 g/mol. The van der Waals surface area contributed by atoms with Crippen LogP contribution >= 0.6 is 12.6 Å². The number of hydrogen-bond acceptors (Lipinski definition) is 3. The van der Waals surface area contributed by atoms with E-state index in [0.717, 1.165) is 25.4 Å². The molecule has 0 aromatic rings. The summed E-state index contributed by atoms with van der Waals surface area (Å²) in [5.74, 6) is 1.61. The van der Waals surface area contributed by atoms with Gasteiger partial charge < -0.3 is 4.74 Å². The van der Waals surface area contributed by atoms with Crippen molar-refractivity contribution in [1.29, 1.82) is 0 Å². The van der Waals surface area contributed by atoms with Crippen molar-refractivity contribution in [2.45, 2.75) is 26.8 Å². The largest absolute Gasteiger partial charge is 0.383 e. The molecule has 0 amide bonds. The predicted octanol–water partition coefficient (Wildman–Crippen LogP) is 1.91. The van der Waals surface area contributed by atoms with Crippen LogP contribution in [0.1, 0.15) is 20.8 Å². The minimum absolute atomic E-state index is 0.595. The molecule has 0 spiro atoms. The summed E-state index contributed by atoms with van der Waals surface area (Å²) in [6.07, 6.45) is 0. The molecule has 0 heterocycles. The van der Waals surface area contributed by atoms with Crippen LogP contribution in [-0.4, -0.2) is 43.5 Å². The average Bonchev–Trinajstić information content (AvgIpc) is 2.11. The lowest BCUT2D eigenvalue weighted by Gasteiger charge is -2.28. The maximum Gasteiger partial charge on any atom is 0.0589 e. The van der Waals surface area contributed by atoms with Gasteiger partial charge in [-0.25, -0.2) is 0 Å². The van der Waals surface area contributed by atoms with E-state index < -0.39 is 0 Å². The fraction of sp³-hybridized carbons (Fsp3) is 1.00. The maximum atomic E-state index is 5.08. The monoisotopic (exact) mass is 205 g/mol. The topological polar surface area (TPSA) is 12.5 Å². The van der Waals surface area contributed by atoms with Crippen LogP contribution in [0.15, 0.2) is 0 Å². The molecule has 0 bridgehead atoms. The van der Waals surface area contributed by atoms with Crippen molar-refractivity contribution in [3.63, 3.8) is 0 Å². The first-order chi connectivity index (χ1) is 6.11. The van der Waals surface area contributed by atoms with Gasteiger partial charge in [0.05, 0.1) is 6.61 Å². The van der Waals surface area contributed by atoms with Crippen molar-refractivity contribution in [3.8, 4) is 0 Å². The molecule has 80 valence electrons. The van der Waals surface area contributed by atoms with E-state index in [1.165, 1.54) is 0 Å². The summed E-state index contributed by atoms with van der Waals surface area (Å²) in [4.78, 5) is 2.43. The quantitative estimate of drug-likeness (QED) is 0.637. The van der Waals surface area contributed by atoms with Crippen LogP contribution in [0.5, 0.6) is 0 Å². The molecule has 0 fully saturated rings. The molecule has 13 heavy (non-hydrogen) atoms. The van der Waals surface area contributed by atoms with Crippen molar-refractivity contribution < 1.29 is 4.74 Å². The zero-order valence-corrected chi connectivity index (χ0v) is 10.2. The van der Waals surface area contributed by atoms with E-state index in [1.807, 2.05) is 0 Å². The van der Waals surface area contributed by atoms with Gasteiger partial charge in [0.2, 0.25) is 0 Å². The highest BCUT2D eigenvalue weighted by atomic mass is 32.1. The number of hydrogen-bond donors (Lipinski definition) is 1. The molecule has 0 rings (SSSR count). The molecule has 0 N–H and O–H groups in total. The van der Waals surface area contributed by atoms with Crippen LogP contribution < -0.4 is 0 Å². The Balaban J connectivity index is 3.79.